The summed E-state index contributed by atoms with van der Waals surface area (Å²) in [6, 6.07) is 15.0. The first-order valence-electron chi connectivity index (χ1n) is 12.3. The van der Waals surface area contributed by atoms with Gasteiger partial charge in [-0.25, -0.2) is 13.6 Å². The molecule has 2 aliphatic rings. The minimum absolute atomic E-state index is 0.00787. The van der Waals surface area contributed by atoms with E-state index in [1.807, 2.05) is 19.1 Å². The molecule has 0 aliphatic carbocycles. The van der Waals surface area contributed by atoms with Crippen LogP contribution in [0.25, 0.3) is 21.6 Å². The second-order valence-electron chi connectivity index (χ2n) is 9.84. The number of aliphatic carboxylic acids is 1. The first-order valence-corrected chi connectivity index (χ1v) is 13.1. The number of halogens is 5. The third kappa shape index (κ3) is 6.46. The average Bonchev–Trinajstić information content (AvgIpc) is 3.37. The van der Waals surface area contributed by atoms with Crippen LogP contribution < -0.4 is 5.73 Å². The number of nitrogens with two attached hydrogens (primary N) is 1. The zero-order valence-electron chi connectivity index (χ0n) is 20.9. The first kappa shape index (κ1) is 28.7. The summed E-state index contributed by atoms with van der Waals surface area (Å²) in [5.74, 6) is -3.60. The van der Waals surface area contributed by atoms with E-state index in [1.54, 1.807) is 23.5 Å². The third-order valence-corrected chi connectivity index (χ3v) is 8.21. The molecule has 5 rings (SSSR count). The second kappa shape index (κ2) is 11.4. The Balaban J connectivity index is 0.000000448. The Kier molecular flexibility index (Phi) is 8.39. The number of benzene rings is 2. The summed E-state index contributed by atoms with van der Waals surface area (Å²) in [4.78, 5) is 13.4. The maximum Gasteiger partial charge on any atom is 0.490 e. The summed E-state index contributed by atoms with van der Waals surface area (Å²) < 4.78 is 61.1. The van der Waals surface area contributed by atoms with Crippen LogP contribution in [0.15, 0.2) is 42.5 Å². The Morgan fingerprint density at radius 3 is 2.26 bits per heavy atom. The molecule has 2 atom stereocenters. The number of thiophene rings is 1. The highest BCUT2D eigenvalue weighted by molar-refractivity contribution is 7.16. The van der Waals surface area contributed by atoms with Gasteiger partial charge in [0, 0.05) is 45.6 Å². The molecular formula is C28H26F5N3O2S. The van der Waals surface area contributed by atoms with Crippen molar-refractivity contribution in [3.05, 3.63) is 70.1 Å². The summed E-state index contributed by atoms with van der Waals surface area (Å²) in [6.07, 6.45) is -0.683. The topological polar surface area (TPSA) is 90.4 Å². The molecule has 2 bridgehead atoms. The molecule has 3 N–H and O–H groups in total. The molecule has 5 nitrogen and oxygen atoms in total. The van der Waals surface area contributed by atoms with Gasteiger partial charge in [0.25, 0.3) is 0 Å². The Labute approximate surface area is 226 Å². The van der Waals surface area contributed by atoms with Gasteiger partial charge in [-0.15, -0.1) is 11.3 Å². The molecule has 2 aliphatic heterocycles. The number of carboxylic acid groups (broad SMARTS) is 1. The number of fused-ring (bicyclic) bond motifs is 2. The van der Waals surface area contributed by atoms with Gasteiger partial charge in [-0.2, -0.15) is 18.4 Å². The highest BCUT2D eigenvalue weighted by atomic mass is 32.1. The monoisotopic (exact) mass is 563 g/mol. The zero-order valence-corrected chi connectivity index (χ0v) is 21.8. The van der Waals surface area contributed by atoms with Crippen molar-refractivity contribution in [2.45, 2.75) is 63.5 Å². The summed E-state index contributed by atoms with van der Waals surface area (Å²) in [5.41, 5.74) is 9.08. The van der Waals surface area contributed by atoms with E-state index in [2.05, 4.69) is 11.0 Å². The number of aryl methyl sites for hydroxylation is 1. The molecule has 0 amide bonds. The fraction of sp³-hybridized carbons (Fsp3) is 0.357. The van der Waals surface area contributed by atoms with Crippen molar-refractivity contribution in [2.75, 3.05) is 0 Å². The van der Waals surface area contributed by atoms with Crippen LogP contribution in [-0.2, 0) is 11.3 Å². The Bertz CT molecular complexity index is 1400. The quantitative estimate of drug-likeness (QED) is 0.348. The fourth-order valence-corrected chi connectivity index (χ4v) is 6.48. The average molecular weight is 564 g/mol. The SMILES string of the molecule is Cc1ccc(-c2sc(CN3C4CCC3CC(N)C4)cc2-c2ccc(C#N)c(F)c2)c(F)c1.O=C(O)C(F)(F)F. The molecular weight excluding hydrogens is 537 g/mol. The van der Waals surface area contributed by atoms with Crippen molar-refractivity contribution in [2.24, 2.45) is 5.73 Å². The number of carbonyl (C=O) groups is 1. The fourth-order valence-electron chi connectivity index (χ4n) is 5.27. The highest BCUT2D eigenvalue weighted by Crippen LogP contribution is 2.43. The summed E-state index contributed by atoms with van der Waals surface area (Å²) in [7, 11) is 0. The van der Waals surface area contributed by atoms with E-state index in [9.17, 15) is 22.0 Å². The number of piperidine rings is 1. The van der Waals surface area contributed by atoms with Gasteiger partial charge in [-0.1, -0.05) is 18.2 Å². The lowest BCUT2D eigenvalue weighted by molar-refractivity contribution is -0.192. The van der Waals surface area contributed by atoms with Crippen LogP contribution in [0, 0.1) is 29.9 Å². The number of hydrogen-bond donors (Lipinski definition) is 2. The molecule has 206 valence electrons. The molecule has 2 fully saturated rings. The van der Waals surface area contributed by atoms with Crippen LogP contribution in [0.4, 0.5) is 22.0 Å². The van der Waals surface area contributed by atoms with Crippen molar-refractivity contribution in [3.63, 3.8) is 0 Å². The number of alkyl halides is 3. The van der Waals surface area contributed by atoms with E-state index in [0.29, 0.717) is 23.2 Å². The number of hydrogen-bond acceptors (Lipinski definition) is 5. The molecule has 2 saturated heterocycles. The lowest BCUT2D eigenvalue weighted by Gasteiger charge is -2.37. The first-order chi connectivity index (χ1) is 18.4. The van der Waals surface area contributed by atoms with Crippen LogP contribution in [-0.4, -0.2) is 40.3 Å². The second-order valence-corrected chi connectivity index (χ2v) is 11.0. The number of carboxylic acids is 1. The van der Waals surface area contributed by atoms with Crippen molar-refractivity contribution >= 4 is 17.3 Å². The van der Waals surface area contributed by atoms with Crippen LogP contribution >= 0.6 is 11.3 Å². The summed E-state index contributed by atoms with van der Waals surface area (Å²) in [5, 5.41) is 16.2. The summed E-state index contributed by atoms with van der Waals surface area (Å²) >= 11 is 1.57. The Morgan fingerprint density at radius 2 is 1.72 bits per heavy atom. The van der Waals surface area contributed by atoms with Crippen LogP contribution in [0.1, 0.15) is 41.7 Å². The molecule has 2 unspecified atom stereocenters. The van der Waals surface area contributed by atoms with Gasteiger partial charge < -0.3 is 10.8 Å². The van der Waals surface area contributed by atoms with E-state index in [0.717, 1.165) is 40.3 Å². The lowest BCUT2D eigenvalue weighted by atomic mass is 9.97. The Hall–Kier alpha value is -3.33. The van der Waals surface area contributed by atoms with Gasteiger partial charge in [0.2, 0.25) is 0 Å². The van der Waals surface area contributed by atoms with Gasteiger partial charge in [-0.05, 0) is 68.0 Å². The van der Waals surface area contributed by atoms with Crippen molar-refractivity contribution < 1.29 is 31.9 Å². The van der Waals surface area contributed by atoms with E-state index in [4.69, 9.17) is 20.9 Å². The van der Waals surface area contributed by atoms with E-state index in [-0.39, 0.29) is 17.4 Å². The van der Waals surface area contributed by atoms with Gasteiger partial charge >= 0.3 is 12.1 Å². The largest absolute Gasteiger partial charge is 0.490 e. The molecule has 1 aromatic heterocycles. The molecule has 0 radical (unpaired) electrons. The number of rotatable bonds is 4. The molecule has 3 aromatic rings. The minimum atomic E-state index is -5.08. The van der Waals surface area contributed by atoms with Gasteiger partial charge in [-0.3, -0.25) is 4.90 Å². The van der Waals surface area contributed by atoms with Crippen molar-refractivity contribution in [1.29, 1.82) is 5.26 Å². The van der Waals surface area contributed by atoms with Crippen molar-refractivity contribution in [1.82, 2.24) is 4.90 Å². The highest BCUT2D eigenvalue weighted by Gasteiger charge is 2.40. The third-order valence-electron chi connectivity index (χ3n) is 7.05. The van der Waals surface area contributed by atoms with Crippen LogP contribution in [0.5, 0.6) is 0 Å². The normalized spacial score (nSPS) is 20.7. The molecule has 3 heterocycles. The van der Waals surface area contributed by atoms with Crippen LogP contribution in [0.3, 0.4) is 0 Å². The van der Waals surface area contributed by atoms with Crippen molar-refractivity contribution in [3.8, 4) is 27.6 Å². The smallest absolute Gasteiger partial charge is 0.475 e. The zero-order chi connectivity index (χ0) is 28.5. The molecule has 39 heavy (non-hydrogen) atoms. The maximum absolute atomic E-state index is 14.9. The predicted octanol–water partition coefficient (Wildman–Crippen LogP) is 6.63. The Morgan fingerprint density at radius 1 is 1.08 bits per heavy atom. The van der Waals surface area contributed by atoms with E-state index in [1.165, 1.54) is 31.0 Å². The molecule has 2 aromatic carbocycles. The van der Waals surface area contributed by atoms with E-state index < -0.39 is 18.0 Å². The number of nitrogens with zero attached hydrogens (tertiary/aromatic N) is 2. The van der Waals surface area contributed by atoms with E-state index >= 15 is 0 Å². The molecule has 11 heteroatoms. The predicted molar refractivity (Wildman–Crippen MR) is 138 cm³/mol. The van der Waals surface area contributed by atoms with Gasteiger partial charge in [0.05, 0.1) is 5.56 Å². The van der Waals surface area contributed by atoms with Gasteiger partial charge in [0.1, 0.15) is 17.7 Å². The number of nitriles is 1. The summed E-state index contributed by atoms with van der Waals surface area (Å²) in [6.45, 7) is 2.66. The van der Waals surface area contributed by atoms with Crippen LogP contribution in [0.2, 0.25) is 0 Å². The molecule has 0 saturated carbocycles. The lowest BCUT2D eigenvalue weighted by Crippen LogP contribution is -2.46. The standard InChI is InChI=1S/C26H25F2N3S.C2HF3O2/c1-15-2-7-22(25(28)8-15)26-23(16-3-4-17(13-29)24(27)9-16)12-21(32-26)14-31-19-5-6-20(31)11-18(30)10-19;3-2(4,5)1(6)7/h2-4,7-9,12,18-20H,5-6,10-11,14,30H2,1H3;(H,6,7). The van der Waals surface area contributed by atoms with Gasteiger partial charge in [0.15, 0.2) is 0 Å². The minimum Gasteiger partial charge on any atom is -0.475 e. The maximum atomic E-state index is 14.9. The molecule has 0 spiro atoms.